The van der Waals surface area contributed by atoms with Gasteiger partial charge < -0.3 is 9.84 Å². The quantitative estimate of drug-likeness (QED) is 0.872. The van der Waals surface area contributed by atoms with Crippen molar-refractivity contribution in [2.45, 2.75) is 26.8 Å². The number of ether oxygens (including phenoxy) is 1. The van der Waals surface area contributed by atoms with Crippen molar-refractivity contribution in [1.29, 1.82) is 0 Å². The molecule has 0 bridgehead atoms. The number of fused-ring (bicyclic) bond motifs is 1. The molecule has 2 atom stereocenters. The van der Waals surface area contributed by atoms with Crippen molar-refractivity contribution in [2.24, 2.45) is 11.8 Å². The summed E-state index contributed by atoms with van der Waals surface area (Å²) in [7, 11) is 0. The molecule has 2 unspecified atom stereocenters. The molecule has 3 rings (SSSR count). The fraction of sp³-hybridized carbons (Fsp3) is 0.450. The number of esters is 1. The highest BCUT2D eigenvalue weighted by molar-refractivity contribution is 5.84. The topological polar surface area (TPSA) is 49.8 Å². The van der Waals surface area contributed by atoms with Crippen LogP contribution in [0.15, 0.2) is 36.4 Å². The van der Waals surface area contributed by atoms with E-state index < -0.39 is 0 Å². The molecule has 24 heavy (non-hydrogen) atoms. The number of rotatable bonds is 4. The number of phenols is 1. The van der Waals surface area contributed by atoms with Gasteiger partial charge in [0.1, 0.15) is 5.75 Å². The fourth-order valence-corrected chi connectivity index (χ4v) is 3.61. The van der Waals surface area contributed by atoms with Crippen LogP contribution in [0.25, 0.3) is 10.8 Å². The van der Waals surface area contributed by atoms with Gasteiger partial charge in [0.05, 0.1) is 12.5 Å². The van der Waals surface area contributed by atoms with E-state index in [1.165, 1.54) is 5.56 Å². The van der Waals surface area contributed by atoms with Crippen LogP contribution in [-0.4, -0.2) is 35.7 Å². The summed E-state index contributed by atoms with van der Waals surface area (Å²) >= 11 is 0. The molecular weight excluding hydrogens is 302 g/mol. The molecule has 0 saturated carbocycles. The largest absolute Gasteiger partial charge is 0.508 e. The molecule has 1 N–H and O–H groups in total. The zero-order valence-electron chi connectivity index (χ0n) is 14.4. The number of carbonyl (C=O) groups is 1. The van der Waals surface area contributed by atoms with Gasteiger partial charge in [0.2, 0.25) is 0 Å². The summed E-state index contributed by atoms with van der Waals surface area (Å²) in [5.74, 6) is 0.594. The van der Waals surface area contributed by atoms with Gasteiger partial charge in [-0.3, -0.25) is 9.69 Å². The Morgan fingerprint density at radius 2 is 2.00 bits per heavy atom. The molecule has 1 saturated heterocycles. The zero-order valence-corrected chi connectivity index (χ0v) is 14.4. The first-order valence-electron chi connectivity index (χ1n) is 8.67. The van der Waals surface area contributed by atoms with Gasteiger partial charge in [0, 0.05) is 13.1 Å². The van der Waals surface area contributed by atoms with Crippen molar-refractivity contribution >= 4 is 16.7 Å². The van der Waals surface area contributed by atoms with Gasteiger partial charge in [-0.15, -0.1) is 0 Å². The molecule has 128 valence electrons. The molecule has 0 amide bonds. The van der Waals surface area contributed by atoms with Gasteiger partial charge in [0.15, 0.2) is 0 Å². The third-order valence-corrected chi connectivity index (χ3v) is 4.87. The molecule has 2 aromatic carbocycles. The van der Waals surface area contributed by atoms with E-state index in [2.05, 4.69) is 30.0 Å². The van der Waals surface area contributed by atoms with Gasteiger partial charge in [-0.1, -0.05) is 25.1 Å². The summed E-state index contributed by atoms with van der Waals surface area (Å²) < 4.78 is 5.19. The Kier molecular flexibility index (Phi) is 5.05. The Labute approximate surface area is 143 Å². The minimum Gasteiger partial charge on any atom is -0.508 e. The second-order valence-corrected chi connectivity index (χ2v) is 6.73. The highest BCUT2D eigenvalue weighted by Gasteiger charge is 2.32. The highest BCUT2D eigenvalue weighted by Crippen LogP contribution is 2.27. The fourth-order valence-electron chi connectivity index (χ4n) is 3.61. The van der Waals surface area contributed by atoms with E-state index in [1.54, 1.807) is 12.1 Å². The number of piperidine rings is 1. The van der Waals surface area contributed by atoms with Gasteiger partial charge in [0.25, 0.3) is 0 Å². The van der Waals surface area contributed by atoms with Crippen LogP contribution in [-0.2, 0) is 16.1 Å². The Hall–Kier alpha value is -2.07. The average Bonchev–Trinajstić information content (AvgIpc) is 2.55. The Morgan fingerprint density at radius 3 is 2.75 bits per heavy atom. The summed E-state index contributed by atoms with van der Waals surface area (Å²) in [4.78, 5) is 14.4. The first-order valence-corrected chi connectivity index (χ1v) is 8.67. The van der Waals surface area contributed by atoms with Crippen molar-refractivity contribution in [1.82, 2.24) is 4.90 Å². The minimum absolute atomic E-state index is 0.0285. The molecule has 1 fully saturated rings. The lowest BCUT2D eigenvalue weighted by Crippen LogP contribution is -2.42. The van der Waals surface area contributed by atoms with Gasteiger partial charge in [-0.25, -0.2) is 0 Å². The lowest BCUT2D eigenvalue weighted by atomic mass is 9.86. The van der Waals surface area contributed by atoms with Crippen LogP contribution in [0.4, 0.5) is 0 Å². The maximum absolute atomic E-state index is 12.0. The minimum atomic E-state index is -0.0461. The van der Waals surface area contributed by atoms with E-state index in [0.29, 0.717) is 18.3 Å². The third-order valence-electron chi connectivity index (χ3n) is 4.87. The maximum atomic E-state index is 12.0. The third kappa shape index (κ3) is 3.70. The van der Waals surface area contributed by atoms with Crippen LogP contribution < -0.4 is 0 Å². The molecule has 1 heterocycles. The van der Waals surface area contributed by atoms with Crippen molar-refractivity contribution in [2.75, 3.05) is 19.7 Å². The van der Waals surface area contributed by atoms with Crippen LogP contribution >= 0.6 is 0 Å². The van der Waals surface area contributed by atoms with Gasteiger partial charge in [-0.2, -0.15) is 0 Å². The number of phenolic OH excluding ortho intramolecular Hbond substituents is 1. The Balaban J connectivity index is 1.65. The van der Waals surface area contributed by atoms with Crippen LogP contribution in [0.1, 0.15) is 25.8 Å². The van der Waals surface area contributed by atoms with Crippen molar-refractivity contribution in [3.05, 3.63) is 42.0 Å². The molecule has 0 aliphatic carbocycles. The Bertz CT molecular complexity index is 728. The number of nitrogens with zero attached hydrogens (tertiary/aromatic N) is 1. The molecule has 0 spiro atoms. The second kappa shape index (κ2) is 7.22. The summed E-state index contributed by atoms with van der Waals surface area (Å²) in [5, 5.41) is 11.7. The number of hydrogen-bond acceptors (Lipinski definition) is 4. The SMILES string of the molecule is CCOC(=O)C1CCN(Cc2ccc3cc(O)ccc3c2)CC1C. The standard InChI is InChI=1S/C20H25NO3/c1-3-24-20(23)19-8-9-21(12-14(19)2)13-15-4-5-17-11-18(22)7-6-16(17)10-15/h4-7,10-11,14,19,22H,3,8-9,12-13H2,1-2H3. The van der Waals surface area contributed by atoms with Crippen LogP contribution in [0.3, 0.4) is 0 Å². The molecular formula is C20H25NO3. The predicted molar refractivity (Wildman–Crippen MR) is 94.8 cm³/mol. The first kappa shape index (κ1) is 16.8. The van der Waals surface area contributed by atoms with Crippen molar-refractivity contribution in [3.8, 4) is 5.75 Å². The van der Waals surface area contributed by atoms with Crippen LogP contribution in [0.5, 0.6) is 5.75 Å². The predicted octanol–water partition coefficient (Wildman–Crippen LogP) is 3.57. The molecule has 4 heteroatoms. The number of carbonyl (C=O) groups excluding carboxylic acids is 1. The summed E-state index contributed by atoms with van der Waals surface area (Å²) in [6.45, 7) is 7.17. The monoisotopic (exact) mass is 327 g/mol. The lowest BCUT2D eigenvalue weighted by molar-refractivity contribution is -0.151. The van der Waals surface area contributed by atoms with Gasteiger partial charge >= 0.3 is 5.97 Å². The highest BCUT2D eigenvalue weighted by atomic mass is 16.5. The second-order valence-electron chi connectivity index (χ2n) is 6.73. The van der Waals surface area contributed by atoms with E-state index in [1.807, 2.05) is 13.0 Å². The molecule has 2 aromatic rings. The lowest BCUT2D eigenvalue weighted by Gasteiger charge is -2.35. The van der Waals surface area contributed by atoms with E-state index in [-0.39, 0.29) is 11.9 Å². The van der Waals surface area contributed by atoms with E-state index in [4.69, 9.17) is 4.74 Å². The Morgan fingerprint density at radius 1 is 1.25 bits per heavy atom. The van der Waals surface area contributed by atoms with Gasteiger partial charge in [-0.05, 0) is 60.3 Å². The zero-order chi connectivity index (χ0) is 17.1. The number of benzene rings is 2. The van der Waals surface area contributed by atoms with Crippen LogP contribution in [0, 0.1) is 11.8 Å². The van der Waals surface area contributed by atoms with Crippen molar-refractivity contribution < 1.29 is 14.6 Å². The summed E-state index contributed by atoms with van der Waals surface area (Å²) in [5.41, 5.74) is 1.26. The summed E-state index contributed by atoms with van der Waals surface area (Å²) in [6, 6.07) is 11.8. The normalized spacial score (nSPS) is 21.8. The molecule has 0 aromatic heterocycles. The van der Waals surface area contributed by atoms with E-state index in [9.17, 15) is 9.90 Å². The molecule has 0 radical (unpaired) electrons. The number of likely N-dealkylation sites (tertiary alicyclic amines) is 1. The summed E-state index contributed by atoms with van der Waals surface area (Å²) in [6.07, 6.45) is 0.863. The number of hydrogen-bond donors (Lipinski definition) is 1. The first-order chi connectivity index (χ1) is 11.6. The molecule has 1 aliphatic rings. The van der Waals surface area contributed by atoms with E-state index in [0.717, 1.165) is 36.8 Å². The van der Waals surface area contributed by atoms with E-state index >= 15 is 0 Å². The maximum Gasteiger partial charge on any atom is 0.309 e. The average molecular weight is 327 g/mol. The van der Waals surface area contributed by atoms with Crippen molar-refractivity contribution in [3.63, 3.8) is 0 Å². The van der Waals surface area contributed by atoms with Crippen LogP contribution in [0.2, 0.25) is 0 Å². The number of aromatic hydroxyl groups is 1. The molecule has 4 nitrogen and oxygen atoms in total. The smallest absolute Gasteiger partial charge is 0.309 e. The molecule has 1 aliphatic heterocycles.